The Balaban J connectivity index is 2.53. The van der Waals surface area contributed by atoms with Crippen molar-refractivity contribution in [2.24, 2.45) is 4.99 Å². The van der Waals surface area contributed by atoms with Crippen molar-refractivity contribution in [1.82, 2.24) is 0 Å². The molecular weight excluding hydrogens is 277 g/mol. The Morgan fingerprint density at radius 2 is 1.05 bits per heavy atom. The van der Waals surface area contributed by atoms with Gasteiger partial charge in [-0.3, -0.25) is 0 Å². The number of nitrogens with zero attached hydrogens (tertiary/aromatic N) is 1. The van der Waals surface area contributed by atoms with E-state index in [2.05, 4.69) is 4.99 Å². The van der Waals surface area contributed by atoms with Gasteiger partial charge in [-0.05, 0) is 48.5 Å². The first-order valence-corrected chi connectivity index (χ1v) is 5.53. The van der Waals surface area contributed by atoms with Gasteiger partial charge in [-0.1, -0.05) is 0 Å². The number of hydrogen-bond acceptors (Lipinski definition) is 1. The monoisotopic (exact) mass is 285 g/mol. The fraction of sp³-hybridized carbons (Fsp3) is 0.0714. The molecule has 0 bridgehead atoms. The molecule has 2 aromatic carbocycles. The van der Waals surface area contributed by atoms with Gasteiger partial charge in [0.15, 0.2) is 0 Å². The van der Waals surface area contributed by atoms with Gasteiger partial charge in [0.2, 0.25) is 0 Å². The predicted octanol–water partition coefficient (Wildman–Crippen LogP) is 4.32. The van der Waals surface area contributed by atoms with Crippen LogP contribution in [0.2, 0.25) is 0 Å². The van der Waals surface area contributed by atoms with E-state index in [1.165, 1.54) is 24.3 Å². The average Bonchev–Trinajstić information content (AvgIpc) is 2.37. The molecule has 2 rings (SSSR count). The first-order chi connectivity index (χ1) is 9.35. The van der Waals surface area contributed by atoms with Gasteiger partial charge in [-0.15, -0.1) is 13.2 Å². The summed E-state index contributed by atoms with van der Waals surface area (Å²) in [7, 11) is 0. The highest BCUT2D eigenvalue weighted by molar-refractivity contribution is 6.12. The van der Waals surface area contributed by atoms with Crippen LogP contribution < -0.4 is 0 Å². The molecular formula is C14H8F5N. The van der Waals surface area contributed by atoms with Gasteiger partial charge in [-0.25, -0.2) is 8.78 Å². The summed E-state index contributed by atoms with van der Waals surface area (Å²) in [5.74, 6) is -1.14. The summed E-state index contributed by atoms with van der Waals surface area (Å²) in [6, 6.07) is 8.87. The largest absolute Gasteiger partial charge is 0.503 e. The molecule has 0 unspecified atom stereocenters. The minimum absolute atomic E-state index is 0.0929. The average molecular weight is 285 g/mol. The predicted molar refractivity (Wildman–Crippen MR) is 64.5 cm³/mol. The summed E-state index contributed by atoms with van der Waals surface area (Å²) in [5, 5.41) is 0. The number of alkyl halides is 3. The van der Waals surface area contributed by atoms with Crippen LogP contribution in [-0.2, 0) is 0 Å². The molecule has 0 atom stereocenters. The van der Waals surface area contributed by atoms with E-state index in [0.717, 1.165) is 24.3 Å². The van der Waals surface area contributed by atoms with E-state index in [9.17, 15) is 22.0 Å². The fourth-order valence-electron chi connectivity index (χ4n) is 1.64. The van der Waals surface area contributed by atoms with Gasteiger partial charge >= 0.3 is 6.30 Å². The Bertz CT molecular complexity index is 564. The van der Waals surface area contributed by atoms with E-state index in [1.807, 2.05) is 0 Å². The van der Waals surface area contributed by atoms with Gasteiger partial charge in [0, 0.05) is 11.1 Å². The van der Waals surface area contributed by atoms with Crippen molar-refractivity contribution in [2.75, 3.05) is 0 Å². The number of benzene rings is 2. The number of hydrogen-bond donors (Lipinski definition) is 0. The van der Waals surface area contributed by atoms with Crippen molar-refractivity contribution >= 4 is 5.71 Å². The second-order valence-electron chi connectivity index (χ2n) is 3.94. The Morgan fingerprint density at radius 3 is 1.35 bits per heavy atom. The maximum Gasteiger partial charge on any atom is 0.503 e. The van der Waals surface area contributed by atoms with Crippen LogP contribution in [0.25, 0.3) is 0 Å². The normalized spacial score (nSPS) is 11.2. The molecule has 0 spiro atoms. The molecule has 0 fully saturated rings. The number of halogens is 5. The summed E-state index contributed by atoms with van der Waals surface area (Å²) in [6.45, 7) is 0. The Morgan fingerprint density at radius 1 is 0.700 bits per heavy atom. The van der Waals surface area contributed by atoms with Crippen LogP contribution >= 0.6 is 0 Å². The third kappa shape index (κ3) is 3.63. The maximum atomic E-state index is 12.8. The van der Waals surface area contributed by atoms with Crippen LogP contribution in [0.3, 0.4) is 0 Å². The van der Waals surface area contributed by atoms with Crippen molar-refractivity contribution in [1.29, 1.82) is 0 Å². The second-order valence-corrected chi connectivity index (χ2v) is 3.94. The summed E-state index contributed by atoms with van der Waals surface area (Å²) in [4.78, 5) is 2.68. The van der Waals surface area contributed by atoms with Gasteiger partial charge in [-0.2, -0.15) is 4.99 Å². The molecule has 0 N–H and O–H groups in total. The van der Waals surface area contributed by atoms with Crippen LogP contribution in [-0.4, -0.2) is 12.0 Å². The zero-order valence-electron chi connectivity index (χ0n) is 9.96. The van der Waals surface area contributed by atoms with Gasteiger partial charge in [0.25, 0.3) is 0 Å². The molecule has 0 heterocycles. The lowest BCUT2D eigenvalue weighted by atomic mass is 10.0. The molecule has 20 heavy (non-hydrogen) atoms. The molecule has 0 aliphatic heterocycles. The van der Waals surface area contributed by atoms with Crippen LogP contribution in [0.5, 0.6) is 0 Å². The smallest absolute Gasteiger partial charge is 0.207 e. The molecule has 2 aromatic rings. The molecule has 0 saturated carbocycles. The van der Waals surface area contributed by atoms with Crippen molar-refractivity contribution in [2.45, 2.75) is 6.30 Å². The van der Waals surface area contributed by atoms with E-state index < -0.39 is 23.6 Å². The Hall–Kier alpha value is -2.24. The van der Waals surface area contributed by atoms with E-state index in [-0.39, 0.29) is 11.1 Å². The zero-order chi connectivity index (χ0) is 14.8. The highest BCUT2D eigenvalue weighted by Crippen LogP contribution is 2.21. The van der Waals surface area contributed by atoms with Crippen LogP contribution in [0.4, 0.5) is 22.0 Å². The van der Waals surface area contributed by atoms with Crippen molar-refractivity contribution in [3.05, 3.63) is 71.3 Å². The quantitative estimate of drug-likeness (QED) is 0.442. The summed E-state index contributed by atoms with van der Waals surface area (Å²) < 4.78 is 63.2. The molecule has 0 aliphatic rings. The molecule has 0 saturated heterocycles. The first-order valence-electron chi connectivity index (χ1n) is 5.53. The number of aliphatic imine (C=N–C) groups is 1. The topological polar surface area (TPSA) is 12.4 Å². The van der Waals surface area contributed by atoms with Crippen LogP contribution in [0.1, 0.15) is 11.1 Å². The van der Waals surface area contributed by atoms with Crippen LogP contribution in [0, 0.1) is 11.6 Å². The van der Waals surface area contributed by atoms with E-state index >= 15 is 0 Å². The lowest BCUT2D eigenvalue weighted by Crippen LogP contribution is -2.12. The Kier molecular flexibility index (Phi) is 3.83. The lowest BCUT2D eigenvalue weighted by Gasteiger charge is -2.09. The summed E-state index contributed by atoms with van der Waals surface area (Å²) >= 11 is 0. The van der Waals surface area contributed by atoms with Crippen molar-refractivity contribution in [3.63, 3.8) is 0 Å². The summed E-state index contributed by atoms with van der Waals surface area (Å²) in [6.07, 6.45) is -4.78. The summed E-state index contributed by atoms with van der Waals surface area (Å²) in [5.41, 5.74) is -0.205. The van der Waals surface area contributed by atoms with Gasteiger partial charge < -0.3 is 0 Å². The van der Waals surface area contributed by atoms with Gasteiger partial charge in [0.05, 0.1) is 5.71 Å². The third-order valence-corrected chi connectivity index (χ3v) is 2.47. The van der Waals surface area contributed by atoms with E-state index in [1.54, 1.807) is 0 Å². The number of rotatable bonds is 2. The lowest BCUT2D eigenvalue weighted by molar-refractivity contribution is -0.119. The zero-order valence-corrected chi connectivity index (χ0v) is 9.96. The van der Waals surface area contributed by atoms with Gasteiger partial charge in [0.1, 0.15) is 11.6 Å². The van der Waals surface area contributed by atoms with Crippen molar-refractivity contribution in [3.8, 4) is 0 Å². The van der Waals surface area contributed by atoms with Crippen molar-refractivity contribution < 1.29 is 22.0 Å². The molecule has 0 aliphatic carbocycles. The minimum atomic E-state index is -4.78. The third-order valence-electron chi connectivity index (χ3n) is 2.47. The first kappa shape index (κ1) is 14.2. The fourth-order valence-corrected chi connectivity index (χ4v) is 1.64. The van der Waals surface area contributed by atoms with Crippen LogP contribution in [0.15, 0.2) is 53.5 Å². The SMILES string of the molecule is Fc1ccc(C(=NC(F)(F)F)c2ccc(F)cc2)cc1. The van der Waals surface area contributed by atoms with E-state index in [4.69, 9.17) is 0 Å². The molecule has 1 nitrogen and oxygen atoms in total. The standard InChI is InChI=1S/C14H8F5N/c15-11-5-1-9(2-6-11)13(20-14(17,18)19)10-3-7-12(16)8-4-10/h1-8H. The molecule has 0 aromatic heterocycles. The molecule has 0 amide bonds. The maximum absolute atomic E-state index is 12.8. The molecule has 6 heteroatoms. The highest BCUT2D eigenvalue weighted by Gasteiger charge is 2.28. The molecule has 0 radical (unpaired) electrons. The van der Waals surface area contributed by atoms with E-state index in [0.29, 0.717) is 0 Å². The second kappa shape index (κ2) is 5.40. The Labute approximate surface area is 111 Å². The molecule has 104 valence electrons. The highest BCUT2D eigenvalue weighted by atomic mass is 19.4. The minimum Gasteiger partial charge on any atom is -0.207 e.